The van der Waals surface area contributed by atoms with E-state index in [1.54, 1.807) is 12.1 Å². The first-order valence-electron chi connectivity index (χ1n) is 7.61. The summed E-state index contributed by atoms with van der Waals surface area (Å²) in [5.74, 6) is -0.144. The van der Waals surface area contributed by atoms with Gasteiger partial charge in [-0.15, -0.1) is 0 Å². The number of nitro groups is 1. The fraction of sp³-hybridized carbons (Fsp3) is 0.222. The van der Waals surface area contributed by atoms with Gasteiger partial charge in [0.2, 0.25) is 0 Å². The number of carbonyl (C=O) groups excluding carboxylic acids is 2. The third-order valence-corrected chi connectivity index (χ3v) is 3.44. The van der Waals surface area contributed by atoms with Crippen molar-refractivity contribution >= 4 is 17.4 Å². The molecule has 8 heteroatoms. The van der Waals surface area contributed by atoms with E-state index in [2.05, 4.69) is 0 Å². The molecule has 8 nitrogen and oxygen atoms in total. The SMILES string of the molecule is COc1cc(C(C)=O)ccc1OCC(=O)OCc1cccc([N+](=O)[O-])c1. The van der Waals surface area contributed by atoms with Gasteiger partial charge in [0.05, 0.1) is 12.0 Å². The summed E-state index contributed by atoms with van der Waals surface area (Å²) in [6.45, 7) is 0.954. The molecule has 2 aromatic carbocycles. The topological polar surface area (TPSA) is 105 Å². The van der Waals surface area contributed by atoms with Gasteiger partial charge in [-0.3, -0.25) is 14.9 Å². The van der Waals surface area contributed by atoms with Gasteiger partial charge in [-0.2, -0.15) is 0 Å². The van der Waals surface area contributed by atoms with Crippen LogP contribution < -0.4 is 9.47 Å². The summed E-state index contributed by atoms with van der Waals surface area (Å²) < 4.78 is 15.5. The maximum Gasteiger partial charge on any atom is 0.344 e. The van der Waals surface area contributed by atoms with Gasteiger partial charge < -0.3 is 14.2 Å². The van der Waals surface area contributed by atoms with Crippen LogP contribution in [0.4, 0.5) is 5.69 Å². The highest BCUT2D eigenvalue weighted by Crippen LogP contribution is 2.28. The Morgan fingerprint density at radius 3 is 2.54 bits per heavy atom. The van der Waals surface area contributed by atoms with Crippen molar-refractivity contribution in [2.45, 2.75) is 13.5 Å². The molecule has 0 radical (unpaired) electrons. The molecule has 2 rings (SSSR count). The average molecular weight is 359 g/mol. The number of benzene rings is 2. The standard InChI is InChI=1S/C18H17NO7/c1-12(20)14-6-7-16(17(9-14)24-2)25-11-18(21)26-10-13-4-3-5-15(8-13)19(22)23/h3-9H,10-11H2,1-2H3. The number of methoxy groups -OCH3 is 1. The van der Waals surface area contributed by atoms with Crippen molar-refractivity contribution in [3.05, 3.63) is 63.7 Å². The second-order valence-electron chi connectivity index (χ2n) is 5.30. The molecule has 0 aliphatic heterocycles. The van der Waals surface area contributed by atoms with Gasteiger partial charge in [-0.05, 0) is 30.7 Å². The van der Waals surface area contributed by atoms with Gasteiger partial charge in [0.15, 0.2) is 23.9 Å². The van der Waals surface area contributed by atoms with Gasteiger partial charge in [-0.1, -0.05) is 12.1 Å². The number of nitrogens with zero attached hydrogens (tertiary/aromatic N) is 1. The Bertz CT molecular complexity index is 832. The van der Waals surface area contributed by atoms with Crippen molar-refractivity contribution in [2.24, 2.45) is 0 Å². The molecule has 136 valence electrons. The van der Waals surface area contributed by atoms with Crippen molar-refractivity contribution in [1.29, 1.82) is 0 Å². The first kappa shape index (κ1) is 18.9. The second kappa shape index (κ2) is 8.61. The predicted molar refractivity (Wildman–Crippen MR) is 91.4 cm³/mol. The molecule has 0 amide bonds. The maximum absolute atomic E-state index is 11.8. The van der Waals surface area contributed by atoms with Crippen LogP contribution in [0.3, 0.4) is 0 Å². The van der Waals surface area contributed by atoms with Crippen molar-refractivity contribution in [1.82, 2.24) is 0 Å². The van der Waals surface area contributed by atoms with Gasteiger partial charge in [0.25, 0.3) is 5.69 Å². The lowest BCUT2D eigenvalue weighted by Gasteiger charge is -2.11. The third kappa shape index (κ3) is 5.04. The molecule has 0 N–H and O–H groups in total. The monoisotopic (exact) mass is 359 g/mol. The zero-order valence-corrected chi connectivity index (χ0v) is 14.3. The van der Waals surface area contributed by atoms with Gasteiger partial charge in [-0.25, -0.2) is 4.79 Å². The quantitative estimate of drug-likeness (QED) is 0.309. The molecule has 0 aliphatic rings. The van der Waals surface area contributed by atoms with Crippen LogP contribution in [0, 0.1) is 10.1 Å². The molecular weight excluding hydrogens is 342 g/mol. The van der Waals surface area contributed by atoms with E-state index in [1.807, 2.05) is 0 Å². The molecule has 0 heterocycles. The first-order valence-corrected chi connectivity index (χ1v) is 7.61. The Kier molecular flexibility index (Phi) is 6.26. The Labute approximate surface area is 149 Å². The molecular formula is C18H17NO7. The van der Waals surface area contributed by atoms with E-state index in [1.165, 1.54) is 44.4 Å². The lowest BCUT2D eigenvalue weighted by atomic mass is 10.1. The molecule has 0 saturated heterocycles. The van der Waals surface area contributed by atoms with Crippen LogP contribution in [0.1, 0.15) is 22.8 Å². The van der Waals surface area contributed by atoms with Crippen LogP contribution in [0.5, 0.6) is 11.5 Å². The molecule has 0 atom stereocenters. The summed E-state index contributed by atoms with van der Waals surface area (Å²) in [6.07, 6.45) is 0. The fourth-order valence-corrected chi connectivity index (χ4v) is 2.11. The summed E-state index contributed by atoms with van der Waals surface area (Å²) in [5.41, 5.74) is 0.878. The lowest BCUT2D eigenvalue weighted by molar-refractivity contribution is -0.384. The van der Waals surface area contributed by atoms with Crippen LogP contribution in [0.15, 0.2) is 42.5 Å². The Morgan fingerprint density at radius 2 is 1.88 bits per heavy atom. The first-order chi connectivity index (χ1) is 12.4. The number of hydrogen-bond donors (Lipinski definition) is 0. The maximum atomic E-state index is 11.8. The summed E-state index contributed by atoms with van der Waals surface area (Å²) in [7, 11) is 1.42. The molecule has 0 spiro atoms. The molecule has 0 aliphatic carbocycles. The number of Topliss-reactive ketones (excluding diaryl/α,β-unsaturated/α-hetero) is 1. The highest BCUT2D eigenvalue weighted by Gasteiger charge is 2.12. The molecule has 0 aromatic heterocycles. The van der Waals surface area contributed by atoms with Crippen LogP contribution >= 0.6 is 0 Å². The van der Waals surface area contributed by atoms with Crippen molar-refractivity contribution < 1.29 is 28.7 Å². The van der Waals surface area contributed by atoms with Crippen molar-refractivity contribution in [3.63, 3.8) is 0 Å². The van der Waals surface area contributed by atoms with Crippen LogP contribution in [-0.2, 0) is 16.1 Å². The molecule has 0 fully saturated rings. The van der Waals surface area contributed by atoms with E-state index < -0.39 is 10.9 Å². The van der Waals surface area contributed by atoms with Crippen LogP contribution in [0.2, 0.25) is 0 Å². The Hall–Kier alpha value is -3.42. The molecule has 26 heavy (non-hydrogen) atoms. The summed E-state index contributed by atoms with van der Waals surface area (Å²) in [5, 5.41) is 10.7. The van der Waals surface area contributed by atoms with Crippen molar-refractivity contribution in [3.8, 4) is 11.5 Å². The summed E-state index contributed by atoms with van der Waals surface area (Å²) in [6, 6.07) is 10.4. The number of esters is 1. The second-order valence-corrected chi connectivity index (χ2v) is 5.30. The normalized spacial score (nSPS) is 10.1. The van der Waals surface area contributed by atoms with Gasteiger partial charge >= 0.3 is 5.97 Å². The average Bonchev–Trinajstić information content (AvgIpc) is 2.64. The Morgan fingerprint density at radius 1 is 1.12 bits per heavy atom. The number of ketones is 1. The lowest BCUT2D eigenvalue weighted by Crippen LogP contribution is -2.15. The molecule has 0 saturated carbocycles. The largest absolute Gasteiger partial charge is 0.493 e. The van der Waals surface area contributed by atoms with Crippen LogP contribution in [0.25, 0.3) is 0 Å². The van der Waals surface area contributed by atoms with E-state index in [9.17, 15) is 19.7 Å². The Balaban J connectivity index is 1.92. The summed E-state index contributed by atoms with van der Waals surface area (Å²) in [4.78, 5) is 33.4. The third-order valence-electron chi connectivity index (χ3n) is 3.44. The highest BCUT2D eigenvalue weighted by atomic mass is 16.6. The van der Waals surface area contributed by atoms with E-state index in [-0.39, 0.29) is 24.7 Å². The zero-order chi connectivity index (χ0) is 19.1. The van der Waals surface area contributed by atoms with E-state index in [4.69, 9.17) is 14.2 Å². The molecule has 2 aromatic rings. The van der Waals surface area contributed by atoms with Gasteiger partial charge in [0.1, 0.15) is 6.61 Å². The number of ether oxygens (including phenoxy) is 3. The number of nitro benzene ring substituents is 1. The van der Waals surface area contributed by atoms with Gasteiger partial charge in [0, 0.05) is 17.7 Å². The molecule has 0 unspecified atom stereocenters. The predicted octanol–water partition coefficient (Wildman–Crippen LogP) is 2.93. The number of hydrogen-bond acceptors (Lipinski definition) is 7. The van der Waals surface area contributed by atoms with E-state index in [0.717, 1.165) is 0 Å². The minimum atomic E-state index is -0.644. The number of rotatable bonds is 8. The zero-order valence-electron chi connectivity index (χ0n) is 14.3. The summed E-state index contributed by atoms with van der Waals surface area (Å²) >= 11 is 0. The number of non-ortho nitro benzene ring substituents is 1. The molecule has 0 bridgehead atoms. The van der Waals surface area contributed by atoms with E-state index >= 15 is 0 Å². The smallest absolute Gasteiger partial charge is 0.344 e. The number of carbonyl (C=O) groups is 2. The minimum absolute atomic E-state index is 0.0786. The van der Waals surface area contributed by atoms with E-state index in [0.29, 0.717) is 22.6 Å². The highest BCUT2D eigenvalue weighted by molar-refractivity contribution is 5.94. The van der Waals surface area contributed by atoms with Crippen LogP contribution in [-0.4, -0.2) is 30.4 Å². The fourth-order valence-electron chi connectivity index (χ4n) is 2.11. The van der Waals surface area contributed by atoms with Crippen molar-refractivity contribution in [2.75, 3.05) is 13.7 Å². The minimum Gasteiger partial charge on any atom is -0.493 e.